The van der Waals surface area contributed by atoms with Crippen LogP contribution in [0.3, 0.4) is 0 Å². The third-order valence-electron chi connectivity index (χ3n) is 3.86. The Hall–Kier alpha value is -0.650. The minimum Gasteiger partial charge on any atom is -0.396 e. The minimum absolute atomic E-state index is 0.0943. The molecule has 0 saturated carbocycles. The normalized spacial score (nSPS) is 21.1. The number of nitrogens with zero attached hydrogens (tertiary/aromatic N) is 3. The van der Waals surface area contributed by atoms with Gasteiger partial charge < -0.3 is 14.9 Å². The van der Waals surface area contributed by atoms with Crippen molar-refractivity contribution in [1.29, 1.82) is 0 Å². The second kappa shape index (κ2) is 6.68. The molecule has 1 N–H and O–H groups in total. The zero-order valence-electron chi connectivity index (χ0n) is 13.0. The highest BCUT2D eigenvalue weighted by atomic mass is 16.3. The molecule has 19 heavy (non-hydrogen) atoms. The monoisotopic (exact) mass is 271 g/mol. The molecular formula is C14H29N3O2. The molecule has 1 saturated heterocycles. The van der Waals surface area contributed by atoms with E-state index < -0.39 is 0 Å². The van der Waals surface area contributed by atoms with Gasteiger partial charge in [-0.15, -0.1) is 0 Å². The molecule has 0 aliphatic carbocycles. The van der Waals surface area contributed by atoms with Gasteiger partial charge in [0.2, 0.25) is 5.91 Å². The zero-order valence-corrected chi connectivity index (χ0v) is 13.0. The second-order valence-electron chi connectivity index (χ2n) is 6.71. The van der Waals surface area contributed by atoms with E-state index in [0.717, 1.165) is 19.5 Å². The molecule has 1 rings (SSSR count). The number of likely N-dealkylation sites (N-methyl/N-ethyl adjacent to an activating group) is 2. The number of aliphatic hydroxyl groups excluding tert-OH is 1. The van der Waals surface area contributed by atoms with Crippen molar-refractivity contribution in [2.45, 2.75) is 26.3 Å². The Kier molecular flexibility index (Phi) is 5.77. The van der Waals surface area contributed by atoms with E-state index in [1.54, 1.807) is 4.90 Å². The van der Waals surface area contributed by atoms with E-state index in [2.05, 4.69) is 23.9 Å². The van der Waals surface area contributed by atoms with E-state index in [-0.39, 0.29) is 17.9 Å². The van der Waals surface area contributed by atoms with Crippen molar-refractivity contribution in [2.75, 3.05) is 53.9 Å². The molecule has 1 unspecified atom stereocenters. The number of likely N-dealkylation sites (tertiary alicyclic amines) is 1. The number of carbonyl (C=O) groups is 1. The molecule has 0 aromatic rings. The minimum atomic E-state index is -0.235. The molecule has 0 radical (unpaired) electrons. The summed E-state index contributed by atoms with van der Waals surface area (Å²) in [6.45, 7) is 7.07. The summed E-state index contributed by atoms with van der Waals surface area (Å²) in [6, 6.07) is 0.562. The largest absolute Gasteiger partial charge is 0.396 e. The van der Waals surface area contributed by atoms with Crippen molar-refractivity contribution < 1.29 is 9.90 Å². The predicted molar refractivity (Wildman–Crippen MR) is 77.0 cm³/mol. The third kappa shape index (κ3) is 5.09. The van der Waals surface area contributed by atoms with Gasteiger partial charge in [0, 0.05) is 44.7 Å². The maximum absolute atomic E-state index is 12.2. The van der Waals surface area contributed by atoms with Crippen LogP contribution in [0.25, 0.3) is 0 Å². The highest BCUT2D eigenvalue weighted by molar-refractivity contribution is 5.78. The lowest BCUT2D eigenvalue weighted by Gasteiger charge is -2.29. The molecule has 0 spiro atoms. The third-order valence-corrected chi connectivity index (χ3v) is 3.86. The topological polar surface area (TPSA) is 47.0 Å². The fourth-order valence-corrected chi connectivity index (χ4v) is 2.47. The first-order valence-electron chi connectivity index (χ1n) is 6.99. The molecule has 1 aliphatic rings. The first-order chi connectivity index (χ1) is 8.75. The predicted octanol–water partition coefficient (Wildman–Crippen LogP) is 0.0992. The molecular weight excluding hydrogens is 242 g/mol. The van der Waals surface area contributed by atoms with Crippen LogP contribution in [-0.4, -0.2) is 85.7 Å². The van der Waals surface area contributed by atoms with E-state index in [4.69, 9.17) is 0 Å². The highest BCUT2D eigenvalue weighted by Gasteiger charge is 2.27. The Labute approximate surface area is 117 Å². The summed E-state index contributed by atoms with van der Waals surface area (Å²) < 4.78 is 0. The van der Waals surface area contributed by atoms with Gasteiger partial charge in [0.1, 0.15) is 0 Å². The van der Waals surface area contributed by atoms with E-state index in [1.807, 2.05) is 20.9 Å². The smallest absolute Gasteiger partial charge is 0.236 e. The van der Waals surface area contributed by atoms with Gasteiger partial charge in [0.05, 0.1) is 6.54 Å². The van der Waals surface area contributed by atoms with Crippen LogP contribution in [0, 0.1) is 5.41 Å². The number of hydrogen-bond acceptors (Lipinski definition) is 4. The van der Waals surface area contributed by atoms with Crippen LogP contribution < -0.4 is 0 Å². The van der Waals surface area contributed by atoms with Crippen molar-refractivity contribution >= 4 is 5.91 Å². The van der Waals surface area contributed by atoms with Crippen molar-refractivity contribution in [3.05, 3.63) is 0 Å². The highest BCUT2D eigenvalue weighted by Crippen LogP contribution is 2.16. The van der Waals surface area contributed by atoms with Gasteiger partial charge in [-0.1, -0.05) is 13.8 Å². The van der Waals surface area contributed by atoms with Gasteiger partial charge in [0.25, 0.3) is 0 Å². The maximum atomic E-state index is 12.2. The molecule has 1 aliphatic heterocycles. The number of amides is 1. The summed E-state index contributed by atoms with van der Waals surface area (Å²) in [5.41, 5.74) is -0.235. The molecule has 5 heteroatoms. The number of aliphatic hydroxyl groups is 1. The fourth-order valence-electron chi connectivity index (χ4n) is 2.47. The number of carbonyl (C=O) groups excluding carboxylic acids is 1. The van der Waals surface area contributed by atoms with Crippen LogP contribution in [0.2, 0.25) is 0 Å². The van der Waals surface area contributed by atoms with Crippen molar-refractivity contribution in [2.24, 2.45) is 5.41 Å². The quantitative estimate of drug-likeness (QED) is 0.744. The average Bonchev–Trinajstić information content (AvgIpc) is 2.77. The molecule has 0 aromatic heterocycles. The van der Waals surface area contributed by atoms with Crippen molar-refractivity contribution in [3.8, 4) is 0 Å². The molecule has 1 fully saturated rings. The van der Waals surface area contributed by atoms with Gasteiger partial charge in [-0.3, -0.25) is 9.69 Å². The van der Waals surface area contributed by atoms with E-state index in [0.29, 0.717) is 19.1 Å². The molecule has 1 atom stereocenters. The SMILES string of the molecule is CN(CC(C)(C)CO)C(=O)CN1CCC(N(C)C)C1. The lowest BCUT2D eigenvalue weighted by atomic mass is 9.94. The lowest BCUT2D eigenvalue weighted by Crippen LogP contribution is -2.43. The van der Waals surface area contributed by atoms with Gasteiger partial charge in [-0.2, -0.15) is 0 Å². The van der Waals surface area contributed by atoms with Gasteiger partial charge in [-0.05, 0) is 20.5 Å². The van der Waals surface area contributed by atoms with Crippen LogP contribution in [0.4, 0.5) is 0 Å². The molecule has 112 valence electrons. The van der Waals surface area contributed by atoms with Crippen LogP contribution in [0.15, 0.2) is 0 Å². The first kappa shape index (κ1) is 16.4. The summed E-state index contributed by atoms with van der Waals surface area (Å²) in [5, 5.41) is 9.25. The van der Waals surface area contributed by atoms with E-state index >= 15 is 0 Å². The van der Waals surface area contributed by atoms with Crippen LogP contribution >= 0.6 is 0 Å². The Morgan fingerprint density at radius 2 is 2.00 bits per heavy atom. The summed E-state index contributed by atoms with van der Waals surface area (Å²) in [5.74, 6) is 0.140. The summed E-state index contributed by atoms with van der Waals surface area (Å²) in [4.78, 5) is 18.3. The number of rotatable bonds is 6. The molecule has 0 bridgehead atoms. The molecule has 1 heterocycles. The van der Waals surface area contributed by atoms with Gasteiger partial charge >= 0.3 is 0 Å². The zero-order chi connectivity index (χ0) is 14.6. The number of hydrogen-bond donors (Lipinski definition) is 1. The summed E-state index contributed by atoms with van der Waals surface area (Å²) in [6.07, 6.45) is 1.13. The van der Waals surface area contributed by atoms with Crippen molar-refractivity contribution in [1.82, 2.24) is 14.7 Å². The second-order valence-corrected chi connectivity index (χ2v) is 6.71. The van der Waals surface area contributed by atoms with Crippen molar-refractivity contribution in [3.63, 3.8) is 0 Å². The van der Waals surface area contributed by atoms with E-state index in [9.17, 15) is 9.90 Å². The van der Waals surface area contributed by atoms with E-state index in [1.165, 1.54) is 0 Å². The Morgan fingerprint density at radius 1 is 1.37 bits per heavy atom. The molecule has 5 nitrogen and oxygen atoms in total. The first-order valence-corrected chi connectivity index (χ1v) is 6.99. The summed E-state index contributed by atoms with van der Waals surface area (Å²) in [7, 11) is 6.00. The summed E-state index contributed by atoms with van der Waals surface area (Å²) >= 11 is 0. The Bertz CT molecular complexity index is 305. The average molecular weight is 271 g/mol. The Morgan fingerprint density at radius 3 is 2.47 bits per heavy atom. The van der Waals surface area contributed by atoms with Gasteiger partial charge in [0.15, 0.2) is 0 Å². The van der Waals surface area contributed by atoms with Crippen LogP contribution in [0.1, 0.15) is 20.3 Å². The van der Waals surface area contributed by atoms with Crippen LogP contribution in [-0.2, 0) is 4.79 Å². The van der Waals surface area contributed by atoms with Gasteiger partial charge in [-0.25, -0.2) is 0 Å². The molecule has 1 amide bonds. The standard InChI is InChI=1S/C14H29N3O2/c1-14(2,11-18)10-16(5)13(19)9-17-7-6-12(8-17)15(3)4/h12,18H,6-11H2,1-5H3. The fraction of sp³-hybridized carbons (Fsp3) is 0.929. The lowest BCUT2D eigenvalue weighted by molar-refractivity contribution is -0.132. The Balaban J connectivity index is 2.39. The maximum Gasteiger partial charge on any atom is 0.236 e. The molecule has 0 aromatic carbocycles. The van der Waals surface area contributed by atoms with Crippen LogP contribution in [0.5, 0.6) is 0 Å².